The molecule has 1 saturated heterocycles. The van der Waals surface area contributed by atoms with E-state index in [-0.39, 0.29) is 16.8 Å². The van der Waals surface area contributed by atoms with Crippen molar-refractivity contribution in [1.82, 2.24) is 10.6 Å². The molecule has 0 spiro atoms. The Bertz CT molecular complexity index is 878. The smallest absolute Gasteiger partial charge is 0.264 e. The van der Waals surface area contributed by atoms with Gasteiger partial charge in [0.05, 0.1) is 10.6 Å². The molecule has 27 heavy (non-hydrogen) atoms. The van der Waals surface area contributed by atoms with Gasteiger partial charge in [0.15, 0.2) is 0 Å². The lowest BCUT2D eigenvalue weighted by molar-refractivity contribution is 0.0950. The first-order chi connectivity index (χ1) is 13.0. The fourth-order valence-electron chi connectivity index (χ4n) is 3.26. The monoisotopic (exact) mass is 387 g/mol. The van der Waals surface area contributed by atoms with Crippen molar-refractivity contribution in [3.05, 3.63) is 60.2 Å². The number of hydrogen-bond acceptors (Lipinski definition) is 4. The van der Waals surface area contributed by atoms with Gasteiger partial charge in [0.2, 0.25) is 0 Å². The van der Waals surface area contributed by atoms with Gasteiger partial charge in [0.25, 0.3) is 15.9 Å². The van der Waals surface area contributed by atoms with Gasteiger partial charge >= 0.3 is 0 Å². The van der Waals surface area contributed by atoms with Crippen molar-refractivity contribution in [2.75, 3.05) is 23.9 Å². The zero-order valence-electron chi connectivity index (χ0n) is 15.4. The zero-order chi connectivity index (χ0) is 19.3. The molecule has 1 fully saturated rings. The highest BCUT2D eigenvalue weighted by Gasteiger charge is 2.24. The second-order valence-corrected chi connectivity index (χ2v) is 8.40. The summed E-state index contributed by atoms with van der Waals surface area (Å²) in [7, 11) is -3.75. The van der Waals surface area contributed by atoms with E-state index in [1.807, 2.05) is 6.07 Å². The van der Waals surface area contributed by atoms with Gasteiger partial charge in [0.1, 0.15) is 0 Å². The molecule has 0 saturated carbocycles. The minimum atomic E-state index is -3.75. The Morgan fingerprint density at radius 2 is 1.96 bits per heavy atom. The Hall–Kier alpha value is -2.38. The number of para-hydroxylation sites is 1. The molecule has 0 radical (unpaired) electrons. The molecule has 1 heterocycles. The lowest BCUT2D eigenvalue weighted by Gasteiger charge is -2.23. The standard InChI is InChI=1S/C20H25N3O3S/c1-2-23(18-10-4-3-5-11-18)27(25,26)19-12-6-8-16(14-19)20(24)22-15-17-9-7-13-21-17/h3-6,8,10-12,14,17,21H,2,7,9,13,15H2,1H3,(H,22,24). The van der Waals surface area contributed by atoms with E-state index in [2.05, 4.69) is 10.6 Å². The van der Waals surface area contributed by atoms with E-state index in [1.54, 1.807) is 43.3 Å². The SMILES string of the molecule is CCN(c1ccccc1)S(=O)(=O)c1cccc(C(=O)NCC2CCCN2)c1. The molecular formula is C20H25N3O3S. The fourth-order valence-corrected chi connectivity index (χ4v) is 4.78. The summed E-state index contributed by atoms with van der Waals surface area (Å²) in [6, 6.07) is 15.4. The highest BCUT2D eigenvalue weighted by Crippen LogP contribution is 2.23. The first-order valence-electron chi connectivity index (χ1n) is 9.22. The van der Waals surface area contributed by atoms with Crippen LogP contribution in [-0.4, -0.2) is 40.0 Å². The number of amides is 1. The summed E-state index contributed by atoms with van der Waals surface area (Å²) >= 11 is 0. The van der Waals surface area contributed by atoms with Crippen molar-refractivity contribution < 1.29 is 13.2 Å². The molecule has 3 rings (SSSR count). The van der Waals surface area contributed by atoms with Crippen LogP contribution in [0.2, 0.25) is 0 Å². The Labute approximate surface area is 160 Å². The van der Waals surface area contributed by atoms with Gasteiger partial charge in [-0.05, 0) is 56.6 Å². The summed E-state index contributed by atoms with van der Waals surface area (Å²) < 4.78 is 27.5. The van der Waals surface area contributed by atoms with Crippen molar-refractivity contribution in [1.29, 1.82) is 0 Å². The van der Waals surface area contributed by atoms with E-state index >= 15 is 0 Å². The van der Waals surface area contributed by atoms with Crippen molar-refractivity contribution >= 4 is 21.6 Å². The molecule has 6 nitrogen and oxygen atoms in total. The highest BCUT2D eigenvalue weighted by molar-refractivity contribution is 7.92. The minimum Gasteiger partial charge on any atom is -0.350 e. The summed E-state index contributed by atoms with van der Waals surface area (Å²) in [5.74, 6) is -0.261. The lowest BCUT2D eigenvalue weighted by Crippen LogP contribution is -2.37. The van der Waals surface area contributed by atoms with Crippen LogP contribution in [0.15, 0.2) is 59.5 Å². The molecule has 2 aromatic carbocycles. The van der Waals surface area contributed by atoms with Gasteiger partial charge in [-0.3, -0.25) is 9.10 Å². The van der Waals surface area contributed by atoms with Crippen LogP contribution >= 0.6 is 0 Å². The molecule has 0 aliphatic carbocycles. The van der Waals surface area contributed by atoms with Gasteiger partial charge in [-0.25, -0.2) is 8.42 Å². The average Bonchev–Trinajstić information content (AvgIpc) is 3.21. The third kappa shape index (κ3) is 4.48. The minimum absolute atomic E-state index is 0.111. The molecule has 144 valence electrons. The van der Waals surface area contributed by atoms with Crippen LogP contribution < -0.4 is 14.9 Å². The molecule has 1 unspecified atom stereocenters. The van der Waals surface area contributed by atoms with Crippen molar-refractivity contribution in [3.8, 4) is 0 Å². The van der Waals surface area contributed by atoms with Crippen LogP contribution in [0.5, 0.6) is 0 Å². The van der Waals surface area contributed by atoms with E-state index in [4.69, 9.17) is 0 Å². The maximum Gasteiger partial charge on any atom is 0.264 e. The maximum atomic E-state index is 13.1. The van der Waals surface area contributed by atoms with E-state index in [1.165, 1.54) is 16.4 Å². The first-order valence-corrected chi connectivity index (χ1v) is 10.7. The summed E-state index contributed by atoms with van der Waals surface area (Å²) in [6.45, 7) is 3.60. The molecule has 1 aliphatic rings. The van der Waals surface area contributed by atoms with Gasteiger partial charge in [-0.15, -0.1) is 0 Å². The largest absolute Gasteiger partial charge is 0.350 e. The molecule has 7 heteroatoms. The van der Waals surface area contributed by atoms with Crippen LogP contribution in [0.4, 0.5) is 5.69 Å². The molecule has 2 N–H and O–H groups in total. The van der Waals surface area contributed by atoms with E-state index < -0.39 is 10.0 Å². The fraction of sp³-hybridized carbons (Fsp3) is 0.350. The van der Waals surface area contributed by atoms with Crippen LogP contribution in [0.3, 0.4) is 0 Å². The van der Waals surface area contributed by atoms with E-state index in [0.717, 1.165) is 19.4 Å². The second-order valence-electron chi connectivity index (χ2n) is 6.54. The number of nitrogens with zero attached hydrogens (tertiary/aromatic N) is 1. The van der Waals surface area contributed by atoms with Crippen molar-refractivity contribution in [2.45, 2.75) is 30.7 Å². The number of anilines is 1. The van der Waals surface area contributed by atoms with Gasteiger partial charge < -0.3 is 10.6 Å². The number of nitrogens with one attached hydrogen (secondary N) is 2. The van der Waals surface area contributed by atoms with E-state index in [9.17, 15) is 13.2 Å². The summed E-state index contributed by atoms with van der Waals surface area (Å²) in [6.07, 6.45) is 2.15. The summed E-state index contributed by atoms with van der Waals surface area (Å²) in [5.41, 5.74) is 0.945. The summed E-state index contributed by atoms with van der Waals surface area (Å²) in [5, 5.41) is 6.21. The quantitative estimate of drug-likeness (QED) is 0.765. The molecular weight excluding hydrogens is 362 g/mol. The molecule has 0 bridgehead atoms. The number of carbonyl (C=O) groups excluding carboxylic acids is 1. The molecule has 2 aromatic rings. The van der Waals surface area contributed by atoms with Gasteiger partial charge in [-0.2, -0.15) is 0 Å². The Balaban J connectivity index is 1.79. The third-order valence-electron chi connectivity index (χ3n) is 4.69. The number of rotatable bonds is 7. The Kier molecular flexibility index (Phi) is 6.13. The second kappa shape index (κ2) is 8.54. The lowest BCUT2D eigenvalue weighted by atomic mass is 10.2. The topological polar surface area (TPSA) is 78.5 Å². The van der Waals surface area contributed by atoms with Crippen LogP contribution in [-0.2, 0) is 10.0 Å². The van der Waals surface area contributed by atoms with Gasteiger partial charge in [-0.1, -0.05) is 24.3 Å². The van der Waals surface area contributed by atoms with Crippen molar-refractivity contribution in [2.24, 2.45) is 0 Å². The predicted molar refractivity (Wildman–Crippen MR) is 106 cm³/mol. The number of sulfonamides is 1. The van der Waals surface area contributed by atoms with Gasteiger partial charge in [0, 0.05) is 24.7 Å². The maximum absolute atomic E-state index is 13.1. The Morgan fingerprint density at radius 1 is 1.19 bits per heavy atom. The zero-order valence-corrected chi connectivity index (χ0v) is 16.2. The number of carbonyl (C=O) groups is 1. The number of hydrogen-bond donors (Lipinski definition) is 2. The van der Waals surface area contributed by atoms with Crippen molar-refractivity contribution in [3.63, 3.8) is 0 Å². The van der Waals surface area contributed by atoms with Crippen LogP contribution in [0, 0.1) is 0 Å². The third-order valence-corrected chi connectivity index (χ3v) is 6.59. The molecule has 1 amide bonds. The Morgan fingerprint density at radius 3 is 2.63 bits per heavy atom. The molecule has 1 atom stereocenters. The predicted octanol–water partition coefficient (Wildman–Crippen LogP) is 2.38. The normalized spacial score (nSPS) is 16.9. The van der Waals surface area contributed by atoms with Crippen LogP contribution in [0.25, 0.3) is 0 Å². The van der Waals surface area contributed by atoms with Crippen LogP contribution in [0.1, 0.15) is 30.1 Å². The summed E-state index contributed by atoms with van der Waals surface area (Å²) in [4.78, 5) is 12.6. The first kappa shape index (κ1) is 19.4. The molecule has 0 aromatic heterocycles. The number of benzene rings is 2. The molecule has 1 aliphatic heterocycles. The average molecular weight is 388 g/mol. The van der Waals surface area contributed by atoms with E-state index in [0.29, 0.717) is 24.3 Å². The highest BCUT2D eigenvalue weighted by atomic mass is 32.2.